The van der Waals surface area contributed by atoms with E-state index in [0.717, 1.165) is 12.2 Å². The molecule has 1 aliphatic carbocycles. The van der Waals surface area contributed by atoms with E-state index < -0.39 is 0 Å². The molecule has 0 spiro atoms. The predicted octanol–water partition coefficient (Wildman–Crippen LogP) is 3.75. The second-order valence-corrected chi connectivity index (χ2v) is 6.20. The molecule has 1 aromatic rings. The molecule has 0 atom stereocenters. The second-order valence-electron chi connectivity index (χ2n) is 4.92. The molecule has 1 fully saturated rings. The molecule has 0 aliphatic heterocycles. The Morgan fingerprint density at radius 2 is 1.82 bits per heavy atom. The number of hydrogen-bond acceptors (Lipinski definition) is 3. The van der Waals surface area contributed by atoms with Gasteiger partial charge in [-0.1, -0.05) is 19.3 Å². The average Bonchev–Trinajstić information content (AvgIpc) is 2.39. The first-order valence-corrected chi connectivity index (χ1v) is 7.61. The van der Waals surface area contributed by atoms with Crippen LogP contribution in [-0.2, 0) is 0 Å². The van der Waals surface area contributed by atoms with E-state index in [9.17, 15) is 0 Å². The van der Waals surface area contributed by atoms with Crippen LogP contribution in [0.1, 0.15) is 32.1 Å². The summed E-state index contributed by atoms with van der Waals surface area (Å²) in [5, 5.41) is 3.56. The molecule has 94 valence electrons. The van der Waals surface area contributed by atoms with Gasteiger partial charge in [-0.3, -0.25) is 0 Å². The Morgan fingerprint density at radius 1 is 1.18 bits per heavy atom. The fraction of sp³-hybridized carbons (Fsp3) is 0.571. The van der Waals surface area contributed by atoms with Crippen LogP contribution < -0.4 is 11.1 Å². The number of rotatable bonds is 4. The summed E-state index contributed by atoms with van der Waals surface area (Å²) in [5.41, 5.74) is 7.69. The zero-order valence-electron chi connectivity index (χ0n) is 10.5. The van der Waals surface area contributed by atoms with Gasteiger partial charge in [0.2, 0.25) is 0 Å². The SMILES string of the molecule is CSC1(CNc2ccc(N)cc2)CCCCC1. The molecule has 0 aromatic heterocycles. The van der Waals surface area contributed by atoms with Gasteiger partial charge < -0.3 is 11.1 Å². The van der Waals surface area contributed by atoms with E-state index in [-0.39, 0.29) is 0 Å². The molecular formula is C14H22N2S. The summed E-state index contributed by atoms with van der Waals surface area (Å²) in [6, 6.07) is 8.03. The zero-order valence-corrected chi connectivity index (χ0v) is 11.4. The molecule has 3 heteroatoms. The van der Waals surface area contributed by atoms with Crippen molar-refractivity contribution in [1.29, 1.82) is 0 Å². The van der Waals surface area contributed by atoms with Crippen LogP contribution in [0, 0.1) is 0 Å². The highest BCUT2D eigenvalue weighted by Gasteiger charge is 2.30. The molecule has 1 saturated carbocycles. The summed E-state index contributed by atoms with van der Waals surface area (Å²) < 4.78 is 0.444. The number of nitrogens with one attached hydrogen (secondary N) is 1. The molecular weight excluding hydrogens is 228 g/mol. The van der Waals surface area contributed by atoms with E-state index in [1.807, 2.05) is 23.9 Å². The van der Waals surface area contributed by atoms with E-state index in [4.69, 9.17) is 5.73 Å². The van der Waals surface area contributed by atoms with Crippen LogP contribution in [0.2, 0.25) is 0 Å². The first-order valence-electron chi connectivity index (χ1n) is 6.39. The Hall–Kier alpha value is -0.830. The van der Waals surface area contributed by atoms with E-state index >= 15 is 0 Å². The monoisotopic (exact) mass is 250 g/mol. The fourth-order valence-electron chi connectivity index (χ4n) is 2.51. The fourth-order valence-corrected chi connectivity index (χ4v) is 3.43. The van der Waals surface area contributed by atoms with Gasteiger partial charge in [0.1, 0.15) is 0 Å². The van der Waals surface area contributed by atoms with Crippen LogP contribution in [0.4, 0.5) is 11.4 Å². The minimum absolute atomic E-state index is 0.444. The number of benzene rings is 1. The van der Waals surface area contributed by atoms with Crippen molar-refractivity contribution in [2.45, 2.75) is 36.9 Å². The molecule has 0 radical (unpaired) electrons. The summed E-state index contributed by atoms with van der Waals surface area (Å²) in [4.78, 5) is 0. The summed E-state index contributed by atoms with van der Waals surface area (Å²) in [5.74, 6) is 0. The van der Waals surface area contributed by atoms with Crippen molar-refractivity contribution in [3.63, 3.8) is 0 Å². The molecule has 0 amide bonds. The third-order valence-electron chi connectivity index (χ3n) is 3.72. The van der Waals surface area contributed by atoms with Crippen molar-refractivity contribution in [3.05, 3.63) is 24.3 Å². The smallest absolute Gasteiger partial charge is 0.0342 e. The maximum Gasteiger partial charge on any atom is 0.0342 e. The molecule has 0 heterocycles. The second kappa shape index (κ2) is 5.67. The molecule has 17 heavy (non-hydrogen) atoms. The number of nitrogen functional groups attached to an aromatic ring is 1. The first kappa shape index (κ1) is 12.6. The number of nitrogens with two attached hydrogens (primary N) is 1. The van der Waals surface area contributed by atoms with Gasteiger partial charge in [-0.2, -0.15) is 11.8 Å². The quantitative estimate of drug-likeness (QED) is 0.799. The average molecular weight is 250 g/mol. The summed E-state index contributed by atoms with van der Waals surface area (Å²) in [6.45, 7) is 1.07. The number of anilines is 2. The van der Waals surface area contributed by atoms with Crippen LogP contribution in [0.25, 0.3) is 0 Å². The van der Waals surface area contributed by atoms with E-state index in [1.165, 1.54) is 37.8 Å². The largest absolute Gasteiger partial charge is 0.399 e. The third-order valence-corrected chi connectivity index (χ3v) is 5.14. The van der Waals surface area contributed by atoms with E-state index in [2.05, 4.69) is 23.7 Å². The van der Waals surface area contributed by atoms with Gasteiger partial charge >= 0.3 is 0 Å². The zero-order chi connectivity index (χ0) is 12.1. The van der Waals surface area contributed by atoms with Gasteiger partial charge in [0.15, 0.2) is 0 Å². The lowest BCUT2D eigenvalue weighted by Gasteiger charge is -2.36. The van der Waals surface area contributed by atoms with Crippen LogP contribution in [0.3, 0.4) is 0 Å². The van der Waals surface area contributed by atoms with Gasteiger partial charge in [-0.15, -0.1) is 0 Å². The maximum atomic E-state index is 5.69. The number of thioether (sulfide) groups is 1. The Labute approximate surface area is 108 Å². The lowest BCUT2D eigenvalue weighted by Crippen LogP contribution is -2.35. The Bertz CT molecular complexity index is 342. The Kier molecular flexibility index (Phi) is 4.21. The summed E-state index contributed by atoms with van der Waals surface area (Å²) in [6.07, 6.45) is 9.10. The lowest BCUT2D eigenvalue weighted by molar-refractivity contribution is 0.411. The highest BCUT2D eigenvalue weighted by atomic mass is 32.2. The van der Waals surface area contributed by atoms with Crippen LogP contribution in [0.5, 0.6) is 0 Å². The Morgan fingerprint density at radius 3 is 2.41 bits per heavy atom. The molecule has 1 aromatic carbocycles. The van der Waals surface area contributed by atoms with Crippen molar-refractivity contribution >= 4 is 23.1 Å². The van der Waals surface area contributed by atoms with Crippen molar-refractivity contribution in [1.82, 2.24) is 0 Å². The lowest BCUT2D eigenvalue weighted by atomic mass is 9.88. The first-order chi connectivity index (χ1) is 8.24. The highest BCUT2D eigenvalue weighted by Crippen LogP contribution is 2.38. The van der Waals surface area contributed by atoms with Crippen LogP contribution >= 0.6 is 11.8 Å². The van der Waals surface area contributed by atoms with Crippen LogP contribution in [0.15, 0.2) is 24.3 Å². The number of hydrogen-bond donors (Lipinski definition) is 2. The van der Waals surface area contributed by atoms with Crippen molar-refractivity contribution in [2.75, 3.05) is 23.9 Å². The van der Waals surface area contributed by atoms with Gasteiger partial charge in [-0.05, 0) is 43.4 Å². The van der Waals surface area contributed by atoms with Gasteiger partial charge in [0.25, 0.3) is 0 Å². The van der Waals surface area contributed by atoms with Gasteiger partial charge in [-0.25, -0.2) is 0 Å². The Balaban J connectivity index is 1.93. The molecule has 3 N–H and O–H groups in total. The van der Waals surface area contributed by atoms with Crippen molar-refractivity contribution in [3.8, 4) is 0 Å². The molecule has 2 rings (SSSR count). The van der Waals surface area contributed by atoms with Crippen molar-refractivity contribution in [2.24, 2.45) is 0 Å². The highest BCUT2D eigenvalue weighted by molar-refractivity contribution is 8.00. The molecule has 1 aliphatic rings. The molecule has 0 saturated heterocycles. The summed E-state index contributed by atoms with van der Waals surface area (Å²) in [7, 11) is 0. The maximum absolute atomic E-state index is 5.69. The normalized spacial score (nSPS) is 18.9. The van der Waals surface area contributed by atoms with E-state index in [0.29, 0.717) is 4.75 Å². The minimum atomic E-state index is 0.444. The van der Waals surface area contributed by atoms with Crippen molar-refractivity contribution < 1.29 is 0 Å². The standard InChI is InChI=1S/C14H22N2S/c1-17-14(9-3-2-4-10-14)11-16-13-7-5-12(15)6-8-13/h5-8,16H,2-4,9-11,15H2,1H3. The minimum Gasteiger partial charge on any atom is -0.399 e. The van der Waals surface area contributed by atoms with Crippen LogP contribution in [-0.4, -0.2) is 17.5 Å². The third kappa shape index (κ3) is 3.32. The predicted molar refractivity (Wildman–Crippen MR) is 78.7 cm³/mol. The van der Waals surface area contributed by atoms with E-state index in [1.54, 1.807) is 0 Å². The summed E-state index contributed by atoms with van der Waals surface area (Å²) >= 11 is 2.03. The topological polar surface area (TPSA) is 38.0 Å². The molecule has 2 nitrogen and oxygen atoms in total. The molecule has 0 bridgehead atoms. The molecule has 0 unspecified atom stereocenters. The van der Waals surface area contributed by atoms with Gasteiger partial charge in [0.05, 0.1) is 0 Å². The van der Waals surface area contributed by atoms with Gasteiger partial charge in [0, 0.05) is 22.7 Å².